The Kier molecular flexibility index (Phi) is 3.20. The van der Waals surface area contributed by atoms with E-state index in [1.54, 1.807) is 6.33 Å². The van der Waals surface area contributed by atoms with Gasteiger partial charge in [-0.15, -0.1) is 0 Å². The van der Waals surface area contributed by atoms with Crippen molar-refractivity contribution in [1.82, 2.24) is 14.9 Å². The average molecular weight is 218 g/mol. The van der Waals surface area contributed by atoms with E-state index in [-0.39, 0.29) is 19.0 Å². The maximum Gasteiger partial charge on any atom is 0.240 e. The van der Waals surface area contributed by atoms with E-state index >= 15 is 0 Å². The van der Waals surface area contributed by atoms with Crippen LogP contribution in [0.3, 0.4) is 0 Å². The van der Waals surface area contributed by atoms with Crippen molar-refractivity contribution in [3.8, 4) is 6.07 Å². The Morgan fingerprint density at radius 3 is 3.19 bits per heavy atom. The first-order valence-corrected chi connectivity index (χ1v) is 5.48. The molecule has 0 spiro atoms. The highest BCUT2D eigenvalue weighted by Crippen LogP contribution is 2.19. The van der Waals surface area contributed by atoms with Crippen LogP contribution in [-0.4, -0.2) is 22.0 Å². The second-order valence-corrected chi connectivity index (χ2v) is 3.91. The fourth-order valence-electron chi connectivity index (χ4n) is 2.02. The standard InChI is InChI=1S/C11H14N4O/c12-5-6-13-11(16)7-15-8-14-9-3-1-2-4-10(9)15/h8H,1-4,6-7H2,(H,13,16). The summed E-state index contributed by atoms with van der Waals surface area (Å²) < 4.78 is 1.89. The molecule has 1 aromatic rings. The molecule has 1 aliphatic carbocycles. The summed E-state index contributed by atoms with van der Waals surface area (Å²) in [6.07, 6.45) is 6.09. The van der Waals surface area contributed by atoms with Crippen LogP contribution in [0.15, 0.2) is 6.33 Å². The molecule has 1 amide bonds. The molecule has 0 aromatic carbocycles. The molecule has 0 unspecified atom stereocenters. The van der Waals surface area contributed by atoms with Gasteiger partial charge >= 0.3 is 0 Å². The highest BCUT2D eigenvalue weighted by molar-refractivity contribution is 5.76. The second-order valence-electron chi connectivity index (χ2n) is 3.91. The third-order valence-corrected chi connectivity index (χ3v) is 2.79. The number of rotatable bonds is 3. The van der Waals surface area contributed by atoms with Crippen molar-refractivity contribution in [3.05, 3.63) is 17.7 Å². The zero-order chi connectivity index (χ0) is 11.4. The van der Waals surface area contributed by atoms with Gasteiger partial charge in [-0.25, -0.2) is 4.98 Å². The van der Waals surface area contributed by atoms with Crippen LogP contribution in [0.25, 0.3) is 0 Å². The molecule has 0 radical (unpaired) electrons. The minimum absolute atomic E-state index is 0.0652. The van der Waals surface area contributed by atoms with Crippen LogP contribution < -0.4 is 5.32 Å². The highest BCUT2D eigenvalue weighted by atomic mass is 16.1. The molecule has 84 valence electrons. The molecule has 1 N–H and O–H groups in total. The van der Waals surface area contributed by atoms with Crippen LogP contribution in [0.4, 0.5) is 0 Å². The summed E-state index contributed by atoms with van der Waals surface area (Å²) in [4.78, 5) is 15.8. The maximum absolute atomic E-state index is 11.4. The lowest BCUT2D eigenvalue weighted by Gasteiger charge is -2.13. The molecule has 0 aliphatic heterocycles. The van der Waals surface area contributed by atoms with Crippen LogP contribution in [0.1, 0.15) is 24.2 Å². The van der Waals surface area contributed by atoms with E-state index in [4.69, 9.17) is 5.26 Å². The first kappa shape index (κ1) is 10.7. The normalized spacial score (nSPS) is 13.9. The predicted molar refractivity (Wildman–Crippen MR) is 57.5 cm³/mol. The van der Waals surface area contributed by atoms with Crippen molar-refractivity contribution in [2.45, 2.75) is 32.2 Å². The lowest BCUT2D eigenvalue weighted by atomic mass is 10.0. The predicted octanol–water partition coefficient (Wildman–Crippen LogP) is 0.402. The molecule has 0 saturated heterocycles. The number of carbonyl (C=O) groups excluding carboxylic acids is 1. The number of nitriles is 1. The SMILES string of the molecule is N#CCNC(=O)Cn1cnc2c1CCCC2. The van der Waals surface area contributed by atoms with Gasteiger partial charge in [0, 0.05) is 5.69 Å². The first-order chi connectivity index (χ1) is 7.81. The van der Waals surface area contributed by atoms with Crippen LogP contribution >= 0.6 is 0 Å². The molecule has 0 fully saturated rings. The molecule has 0 saturated carbocycles. The Morgan fingerprint density at radius 2 is 2.38 bits per heavy atom. The Labute approximate surface area is 94.1 Å². The lowest BCUT2D eigenvalue weighted by molar-refractivity contribution is -0.121. The van der Waals surface area contributed by atoms with Crippen molar-refractivity contribution in [2.24, 2.45) is 0 Å². The maximum atomic E-state index is 11.4. The van der Waals surface area contributed by atoms with Gasteiger partial charge in [-0.3, -0.25) is 4.79 Å². The van der Waals surface area contributed by atoms with Crippen molar-refractivity contribution in [3.63, 3.8) is 0 Å². The quantitative estimate of drug-likeness (QED) is 0.746. The summed E-state index contributed by atoms with van der Waals surface area (Å²) in [7, 11) is 0. The molecule has 1 heterocycles. The van der Waals surface area contributed by atoms with E-state index in [0.717, 1.165) is 18.5 Å². The molecule has 5 nitrogen and oxygen atoms in total. The second kappa shape index (κ2) is 4.79. The van der Waals surface area contributed by atoms with Gasteiger partial charge in [0.05, 0.1) is 18.1 Å². The van der Waals surface area contributed by atoms with E-state index in [0.29, 0.717) is 0 Å². The Balaban J connectivity index is 2.02. The monoisotopic (exact) mass is 218 g/mol. The zero-order valence-corrected chi connectivity index (χ0v) is 9.07. The largest absolute Gasteiger partial charge is 0.341 e. The van der Waals surface area contributed by atoms with Crippen molar-refractivity contribution >= 4 is 5.91 Å². The molecule has 0 atom stereocenters. The van der Waals surface area contributed by atoms with Gasteiger partial charge in [0.25, 0.3) is 0 Å². The summed E-state index contributed by atoms with van der Waals surface area (Å²) in [6.45, 7) is 0.333. The highest BCUT2D eigenvalue weighted by Gasteiger charge is 2.16. The number of aryl methyl sites for hydroxylation is 1. The van der Waals surface area contributed by atoms with Gasteiger partial charge in [-0.1, -0.05) is 0 Å². The van der Waals surface area contributed by atoms with Gasteiger partial charge in [0.2, 0.25) is 5.91 Å². The average Bonchev–Trinajstić information content (AvgIpc) is 2.70. The zero-order valence-electron chi connectivity index (χ0n) is 9.07. The van der Waals surface area contributed by atoms with Gasteiger partial charge in [-0.2, -0.15) is 5.26 Å². The number of aromatic nitrogens is 2. The molecule has 1 aromatic heterocycles. The fourth-order valence-corrected chi connectivity index (χ4v) is 2.02. The van der Waals surface area contributed by atoms with Crippen LogP contribution in [0, 0.1) is 11.3 Å². The Hall–Kier alpha value is -1.83. The van der Waals surface area contributed by atoms with E-state index in [9.17, 15) is 4.79 Å². The van der Waals surface area contributed by atoms with Gasteiger partial charge < -0.3 is 9.88 Å². The molecular weight excluding hydrogens is 204 g/mol. The van der Waals surface area contributed by atoms with Crippen LogP contribution in [0.5, 0.6) is 0 Å². The summed E-state index contributed by atoms with van der Waals surface area (Å²) in [5.41, 5.74) is 2.30. The smallest absolute Gasteiger partial charge is 0.240 e. The van der Waals surface area contributed by atoms with Crippen molar-refractivity contribution < 1.29 is 4.79 Å². The summed E-state index contributed by atoms with van der Waals surface area (Å²) in [5, 5.41) is 10.9. The Bertz CT molecular complexity index is 430. The van der Waals surface area contributed by atoms with Crippen LogP contribution in [-0.2, 0) is 24.2 Å². The van der Waals surface area contributed by atoms with E-state index in [2.05, 4.69) is 10.3 Å². The Morgan fingerprint density at radius 1 is 1.56 bits per heavy atom. The lowest BCUT2D eigenvalue weighted by Crippen LogP contribution is -2.28. The van der Waals surface area contributed by atoms with E-state index in [1.807, 2.05) is 10.6 Å². The number of hydrogen-bond acceptors (Lipinski definition) is 3. The number of nitrogens with one attached hydrogen (secondary N) is 1. The number of carbonyl (C=O) groups is 1. The van der Waals surface area contributed by atoms with Gasteiger partial charge in [-0.05, 0) is 25.7 Å². The number of fused-ring (bicyclic) bond motifs is 1. The summed E-state index contributed by atoms with van der Waals surface area (Å²) in [6, 6.07) is 1.88. The molecule has 2 rings (SSSR count). The van der Waals surface area contributed by atoms with E-state index < -0.39 is 0 Å². The summed E-state index contributed by atoms with van der Waals surface area (Å²) >= 11 is 0. The first-order valence-electron chi connectivity index (χ1n) is 5.48. The number of hydrogen-bond donors (Lipinski definition) is 1. The minimum atomic E-state index is -0.132. The summed E-state index contributed by atoms with van der Waals surface area (Å²) in [5.74, 6) is -0.132. The topological polar surface area (TPSA) is 70.7 Å². The molecular formula is C11H14N4O. The van der Waals surface area contributed by atoms with Crippen molar-refractivity contribution in [1.29, 1.82) is 5.26 Å². The molecule has 1 aliphatic rings. The minimum Gasteiger partial charge on any atom is -0.341 e. The van der Waals surface area contributed by atoms with Gasteiger partial charge in [0.1, 0.15) is 13.1 Å². The number of amides is 1. The molecule has 5 heteroatoms. The molecule has 0 bridgehead atoms. The van der Waals surface area contributed by atoms with Gasteiger partial charge in [0.15, 0.2) is 0 Å². The van der Waals surface area contributed by atoms with Crippen LogP contribution in [0.2, 0.25) is 0 Å². The third-order valence-electron chi connectivity index (χ3n) is 2.79. The fraction of sp³-hybridized carbons (Fsp3) is 0.545. The van der Waals surface area contributed by atoms with Crippen molar-refractivity contribution in [2.75, 3.05) is 6.54 Å². The molecule has 16 heavy (non-hydrogen) atoms. The van der Waals surface area contributed by atoms with E-state index in [1.165, 1.54) is 18.5 Å². The third kappa shape index (κ3) is 2.22. The number of imidazole rings is 1. The number of nitrogens with zero attached hydrogens (tertiary/aromatic N) is 3.